The van der Waals surface area contributed by atoms with Crippen molar-refractivity contribution in [3.63, 3.8) is 0 Å². The normalized spacial score (nSPS) is 10.5. The number of nitrogens with zero attached hydrogens (tertiary/aromatic N) is 2. The lowest BCUT2D eigenvalue weighted by molar-refractivity contribution is 0.286. The largest absolute Gasteiger partial charge is 0.396 e. The monoisotopic (exact) mass is 198 g/mol. The average Bonchev–Trinajstić information content (AvgIpc) is 2.38. The Hall–Kier alpha value is -1.23. The van der Waals surface area contributed by atoms with Crippen molar-refractivity contribution in [1.82, 2.24) is 9.78 Å². The molecule has 0 unspecified atom stereocenters. The zero-order valence-electron chi connectivity index (χ0n) is 8.75. The minimum atomic E-state index is 0.238. The minimum absolute atomic E-state index is 0.238. The molecule has 80 valence electrons. The first-order valence-electron chi connectivity index (χ1n) is 4.80. The van der Waals surface area contributed by atoms with E-state index in [2.05, 4.69) is 10.4 Å². The van der Waals surface area contributed by atoms with Gasteiger partial charge in [-0.3, -0.25) is 4.68 Å². The lowest BCUT2D eigenvalue weighted by atomic mass is 10.3. The van der Waals surface area contributed by atoms with Crippen LogP contribution in [0.1, 0.15) is 18.5 Å². The SMILES string of the molecule is Cc1nn(C)c(NCCCCO)c1N. The molecule has 0 bridgehead atoms. The summed E-state index contributed by atoms with van der Waals surface area (Å²) in [5.74, 6) is 0.862. The van der Waals surface area contributed by atoms with Crippen molar-refractivity contribution in [2.24, 2.45) is 7.05 Å². The topological polar surface area (TPSA) is 76.1 Å². The van der Waals surface area contributed by atoms with E-state index in [1.807, 2.05) is 14.0 Å². The number of nitrogens with two attached hydrogens (primary N) is 1. The Morgan fingerprint density at radius 3 is 2.71 bits per heavy atom. The molecule has 0 fully saturated rings. The molecule has 0 aliphatic heterocycles. The number of aromatic nitrogens is 2. The maximum absolute atomic E-state index is 8.61. The number of rotatable bonds is 5. The summed E-state index contributed by atoms with van der Waals surface area (Å²) < 4.78 is 1.74. The molecule has 4 N–H and O–H groups in total. The van der Waals surface area contributed by atoms with Crippen LogP contribution in [0.5, 0.6) is 0 Å². The molecule has 1 aromatic rings. The van der Waals surface area contributed by atoms with E-state index < -0.39 is 0 Å². The van der Waals surface area contributed by atoms with Gasteiger partial charge in [-0.05, 0) is 19.8 Å². The van der Waals surface area contributed by atoms with Crippen LogP contribution >= 0.6 is 0 Å². The molecule has 1 aromatic heterocycles. The summed E-state index contributed by atoms with van der Waals surface area (Å²) in [5.41, 5.74) is 7.37. The zero-order valence-corrected chi connectivity index (χ0v) is 8.75. The summed E-state index contributed by atoms with van der Waals surface area (Å²) in [7, 11) is 1.86. The third kappa shape index (κ3) is 2.38. The second-order valence-corrected chi connectivity index (χ2v) is 3.33. The molecule has 0 spiro atoms. The van der Waals surface area contributed by atoms with Crippen LogP contribution in [0.25, 0.3) is 0 Å². The van der Waals surface area contributed by atoms with Gasteiger partial charge < -0.3 is 16.2 Å². The number of nitrogens with one attached hydrogen (secondary N) is 1. The van der Waals surface area contributed by atoms with Gasteiger partial charge in [-0.1, -0.05) is 0 Å². The highest BCUT2D eigenvalue weighted by atomic mass is 16.2. The molecule has 0 saturated heterocycles. The van der Waals surface area contributed by atoms with E-state index in [9.17, 15) is 0 Å². The highest BCUT2D eigenvalue weighted by Crippen LogP contribution is 2.20. The van der Waals surface area contributed by atoms with Gasteiger partial charge in [-0.15, -0.1) is 0 Å². The molecule has 1 rings (SSSR count). The molecule has 0 aromatic carbocycles. The van der Waals surface area contributed by atoms with Crippen molar-refractivity contribution >= 4 is 11.5 Å². The number of anilines is 2. The summed E-state index contributed by atoms with van der Waals surface area (Å²) in [6.07, 6.45) is 1.74. The third-order valence-corrected chi connectivity index (χ3v) is 2.15. The fourth-order valence-corrected chi connectivity index (χ4v) is 1.33. The molecule has 0 atom stereocenters. The molecule has 5 heteroatoms. The second-order valence-electron chi connectivity index (χ2n) is 3.33. The van der Waals surface area contributed by atoms with E-state index >= 15 is 0 Å². The van der Waals surface area contributed by atoms with Gasteiger partial charge in [0.1, 0.15) is 5.82 Å². The minimum Gasteiger partial charge on any atom is -0.396 e. The first-order valence-corrected chi connectivity index (χ1v) is 4.80. The summed E-state index contributed by atoms with van der Waals surface area (Å²) >= 11 is 0. The number of hydrogen-bond donors (Lipinski definition) is 3. The predicted octanol–water partition coefficient (Wildman–Crippen LogP) is 0.495. The Bertz CT molecular complexity index is 295. The predicted molar refractivity (Wildman–Crippen MR) is 57.2 cm³/mol. The Morgan fingerprint density at radius 2 is 2.21 bits per heavy atom. The van der Waals surface area contributed by atoms with Gasteiger partial charge in [-0.25, -0.2) is 0 Å². The van der Waals surface area contributed by atoms with Crippen LogP contribution in [0, 0.1) is 6.92 Å². The maximum Gasteiger partial charge on any atom is 0.147 e. The molecule has 0 amide bonds. The van der Waals surface area contributed by atoms with E-state index in [1.165, 1.54) is 0 Å². The number of aliphatic hydroxyl groups excluding tert-OH is 1. The quantitative estimate of drug-likeness (QED) is 0.602. The molecule has 5 nitrogen and oxygen atoms in total. The Balaban J connectivity index is 2.49. The summed E-state index contributed by atoms with van der Waals surface area (Å²) in [6, 6.07) is 0. The van der Waals surface area contributed by atoms with Crippen LogP contribution in [0.2, 0.25) is 0 Å². The average molecular weight is 198 g/mol. The lowest BCUT2D eigenvalue weighted by Gasteiger charge is -2.06. The molecule has 14 heavy (non-hydrogen) atoms. The van der Waals surface area contributed by atoms with Crippen molar-refractivity contribution in [3.8, 4) is 0 Å². The van der Waals surface area contributed by atoms with Crippen LogP contribution < -0.4 is 11.1 Å². The number of unbranched alkanes of at least 4 members (excludes halogenated alkanes) is 1. The molecule has 0 aliphatic rings. The van der Waals surface area contributed by atoms with Crippen LogP contribution in [0.4, 0.5) is 11.5 Å². The maximum atomic E-state index is 8.61. The van der Waals surface area contributed by atoms with Crippen LogP contribution in [0.15, 0.2) is 0 Å². The van der Waals surface area contributed by atoms with Crippen molar-refractivity contribution in [2.75, 3.05) is 24.2 Å². The smallest absolute Gasteiger partial charge is 0.147 e. The molecule has 0 aliphatic carbocycles. The number of nitrogen functional groups attached to an aromatic ring is 1. The van der Waals surface area contributed by atoms with Gasteiger partial charge in [0, 0.05) is 20.2 Å². The highest BCUT2D eigenvalue weighted by Gasteiger charge is 2.08. The van der Waals surface area contributed by atoms with Gasteiger partial charge >= 0.3 is 0 Å². The number of aryl methyl sites for hydroxylation is 2. The van der Waals surface area contributed by atoms with Crippen LogP contribution in [0.3, 0.4) is 0 Å². The van der Waals surface area contributed by atoms with E-state index in [1.54, 1.807) is 4.68 Å². The molecule has 1 heterocycles. The van der Waals surface area contributed by atoms with Crippen LogP contribution in [-0.4, -0.2) is 28.0 Å². The van der Waals surface area contributed by atoms with E-state index in [0.29, 0.717) is 5.69 Å². The molecule has 0 radical (unpaired) electrons. The number of hydrogen-bond acceptors (Lipinski definition) is 4. The molecular weight excluding hydrogens is 180 g/mol. The Morgan fingerprint density at radius 1 is 1.50 bits per heavy atom. The van der Waals surface area contributed by atoms with Crippen molar-refractivity contribution in [1.29, 1.82) is 0 Å². The second kappa shape index (κ2) is 4.85. The lowest BCUT2D eigenvalue weighted by Crippen LogP contribution is -2.08. The van der Waals surface area contributed by atoms with Gasteiger partial charge in [-0.2, -0.15) is 5.10 Å². The summed E-state index contributed by atoms with van der Waals surface area (Å²) in [6.45, 7) is 2.93. The number of aliphatic hydroxyl groups is 1. The van der Waals surface area contributed by atoms with E-state index in [-0.39, 0.29) is 6.61 Å². The standard InChI is InChI=1S/C9H18N4O/c1-7-8(10)9(13(2)12-7)11-5-3-4-6-14/h11,14H,3-6,10H2,1-2H3. The molecule has 0 saturated carbocycles. The van der Waals surface area contributed by atoms with Crippen molar-refractivity contribution in [3.05, 3.63) is 5.69 Å². The Labute approximate surface area is 83.9 Å². The van der Waals surface area contributed by atoms with Gasteiger partial charge in [0.2, 0.25) is 0 Å². The third-order valence-electron chi connectivity index (χ3n) is 2.15. The Kier molecular flexibility index (Phi) is 3.76. The van der Waals surface area contributed by atoms with Crippen LogP contribution in [-0.2, 0) is 7.05 Å². The summed E-state index contributed by atoms with van der Waals surface area (Å²) in [5, 5.41) is 16.0. The summed E-state index contributed by atoms with van der Waals surface area (Å²) in [4.78, 5) is 0. The zero-order chi connectivity index (χ0) is 10.6. The van der Waals surface area contributed by atoms with Gasteiger partial charge in [0.25, 0.3) is 0 Å². The fourth-order valence-electron chi connectivity index (χ4n) is 1.33. The van der Waals surface area contributed by atoms with E-state index in [0.717, 1.165) is 30.9 Å². The highest BCUT2D eigenvalue weighted by molar-refractivity contribution is 5.64. The van der Waals surface area contributed by atoms with Gasteiger partial charge in [0.15, 0.2) is 0 Å². The van der Waals surface area contributed by atoms with E-state index in [4.69, 9.17) is 10.8 Å². The van der Waals surface area contributed by atoms with Gasteiger partial charge in [0.05, 0.1) is 11.4 Å². The first kappa shape index (κ1) is 10.8. The van der Waals surface area contributed by atoms with Crippen molar-refractivity contribution in [2.45, 2.75) is 19.8 Å². The molecular formula is C9H18N4O. The fraction of sp³-hybridized carbons (Fsp3) is 0.667. The first-order chi connectivity index (χ1) is 6.66. The van der Waals surface area contributed by atoms with Crippen molar-refractivity contribution < 1.29 is 5.11 Å².